The summed E-state index contributed by atoms with van der Waals surface area (Å²) >= 11 is 1.77. The predicted octanol–water partition coefficient (Wildman–Crippen LogP) is 2.65. The zero-order chi connectivity index (χ0) is 14.7. The van der Waals surface area contributed by atoms with E-state index in [0.29, 0.717) is 12.5 Å². The van der Waals surface area contributed by atoms with Gasteiger partial charge in [-0.05, 0) is 48.6 Å². The number of hydrogen-bond donors (Lipinski definition) is 2. The van der Waals surface area contributed by atoms with E-state index in [1.54, 1.807) is 11.8 Å². The van der Waals surface area contributed by atoms with Crippen molar-refractivity contribution in [2.75, 3.05) is 12.3 Å². The highest BCUT2D eigenvalue weighted by Gasteiger charge is 2.31. The van der Waals surface area contributed by atoms with Gasteiger partial charge in [0.25, 0.3) is 0 Å². The molecule has 1 heterocycles. The largest absolute Gasteiger partial charge is 0.352 e. The third kappa shape index (κ3) is 3.27. The van der Waals surface area contributed by atoms with Crippen molar-refractivity contribution >= 4 is 17.7 Å². The van der Waals surface area contributed by atoms with Gasteiger partial charge in [-0.2, -0.15) is 0 Å². The molecule has 1 aliphatic carbocycles. The van der Waals surface area contributed by atoms with Crippen molar-refractivity contribution in [3.63, 3.8) is 0 Å². The fraction of sp³-hybridized carbons (Fsp3) is 0.588. The van der Waals surface area contributed by atoms with Crippen molar-refractivity contribution in [3.8, 4) is 0 Å². The van der Waals surface area contributed by atoms with E-state index in [1.165, 1.54) is 24.0 Å². The molecule has 3 unspecified atom stereocenters. The number of thioether (sulfide) groups is 1. The molecule has 1 aromatic carbocycles. The number of rotatable bonds is 3. The van der Waals surface area contributed by atoms with Gasteiger partial charge in [-0.15, -0.1) is 11.8 Å². The van der Waals surface area contributed by atoms with Crippen molar-refractivity contribution in [1.82, 2.24) is 5.32 Å². The number of nitrogens with two attached hydrogens (primary N) is 1. The van der Waals surface area contributed by atoms with Crippen LogP contribution in [0.1, 0.15) is 42.1 Å². The molecular weight excluding hydrogens is 280 g/mol. The summed E-state index contributed by atoms with van der Waals surface area (Å²) in [6, 6.07) is 8.63. The molecule has 1 amide bonds. The van der Waals surface area contributed by atoms with Crippen LogP contribution in [0.5, 0.6) is 0 Å². The number of nitrogens with one attached hydrogen (secondary N) is 1. The molecule has 3 N–H and O–H groups in total. The second kappa shape index (κ2) is 6.84. The fourth-order valence-corrected chi connectivity index (χ4v) is 4.75. The molecule has 0 saturated heterocycles. The summed E-state index contributed by atoms with van der Waals surface area (Å²) in [5.41, 5.74) is 8.40. The fourth-order valence-electron chi connectivity index (χ4n) is 3.55. The summed E-state index contributed by atoms with van der Waals surface area (Å²) in [5, 5.41) is 3.24. The highest BCUT2D eigenvalue weighted by Crippen LogP contribution is 2.37. The zero-order valence-corrected chi connectivity index (χ0v) is 13.2. The van der Waals surface area contributed by atoms with E-state index in [4.69, 9.17) is 5.73 Å². The molecule has 1 saturated carbocycles. The third-order valence-corrected chi connectivity index (χ3v) is 6.01. The lowest BCUT2D eigenvalue weighted by Crippen LogP contribution is -2.46. The van der Waals surface area contributed by atoms with Crippen LogP contribution < -0.4 is 11.1 Å². The molecule has 3 nitrogen and oxygen atoms in total. The molecule has 3 atom stereocenters. The first-order valence-electron chi connectivity index (χ1n) is 7.99. The van der Waals surface area contributed by atoms with E-state index in [0.717, 1.165) is 25.0 Å². The molecule has 1 aliphatic heterocycles. The van der Waals surface area contributed by atoms with Gasteiger partial charge in [0.05, 0.1) is 0 Å². The van der Waals surface area contributed by atoms with Gasteiger partial charge in [0.1, 0.15) is 5.25 Å². The van der Waals surface area contributed by atoms with Gasteiger partial charge in [-0.3, -0.25) is 4.79 Å². The van der Waals surface area contributed by atoms with Gasteiger partial charge >= 0.3 is 0 Å². The molecule has 0 radical (unpaired) electrons. The minimum atomic E-state index is -0.0460. The second-order valence-corrected chi connectivity index (χ2v) is 7.31. The van der Waals surface area contributed by atoms with Gasteiger partial charge in [-0.25, -0.2) is 0 Å². The summed E-state index contributed by atoms with van der Waals surface area (Å²) in [5.74, 6) is 1.66. The quantitative estimate of drug-likeness (QED) is 0.902. The Hall–Kier alpha value is -1.00. The minimum Gasteiger partial charge on any atom is -0.352 e. The maximum absolute atomic E-state index is 12.7. The van der Waals surface area contributed by atoms with E-state index in [2.05, 4.69) is 23.5 Å². The lowest BCUT2D eigenvalue weighted by molar-refractivity contribution is -0.122. The Labute approximate surface area is 131 Å². The van der Waals surface area contributed by atoms with E-state index >= 15 is 0 Å². The first-order valence-corrected chi connectivity index (χ1v) is 9.04. The molecule has 1 aromatic rings. The van der Waals surface area contributed by atoms with Crippen molar-refractivity contribution in [2.45, 2.75) is 43.4 Å². The van der Waals surface area contributed by atoms with E-state index in [1.807, 2.05) is 6.07 Å². The minimum absolute atomic E-state index is 0.0460. The van der Waals surface area contributed by atoms with Crippen molar-refractivity contribution in [2.24, 2.45) is 11.7 Å². The Balaban J connectivity index is 1.71. The lowest BCUT2D eigenvalue weighted by Gasteiger charge is -2.33. The van der Waals surface area contributed by atoms with Crippen LogP contribution in [0.2, 0.25) is 0 Å². The molecule has 0 bridgehead atoms. The summed E-state index contributed by atoms with van der Waals surface area (Å²) in [6.45, 7) is 0.680. The molecule has 4 heteroatoms. The second-order valence-electron chi connectivity index (χ2n) is 6.09. The van der Waals surface area contributed by atoms with Crippen LogP contribution in [0.3, 0.4) is 0 Å². The Morgan fingerprint density at radius 2 is 2.10 bits per heavy atom. The summed E-state index contributed by atoms with van der Waals surface area (Å²) < 4.78 is 0. The average molecular weight is 304 g/mol. The van der Waals surface area contributed by atoms with E-state index in [9.17, 15) is 4.79 Å². The Kier molecular flexibility index (Phi) is 4.86. The standard InChI is InChI=1S/C17H24N2OS/c18-11-13-6-2-4-8-15(13)19-17(20)16-14-7-3-1-5-12(14)9-10-21-16/h1,3,5,7,13,15-16H,2,4,6,8-11,18H2,(H,19,20). The van der Waals surface area contributed by atoms with Crippen LogP contribution in [0.4, 0.5) is 0 Å². The first-order chi connectivity index (χ1) is 10.3. The van der Waals surface area contributed by atoms with Gasteiger partial charge in [0, 0.05) is 6.04 Å². The number of carbonyl (C=O) groups excluding carboxylic acids is 1. The van der Waals surface area contributed by atoms with Crippen LogP contribution in [0, 0.1) is 5.92 Å². The monoisotopic (exact) mass is 304 g/mol. The molecule has 0 spiro atoms. The van der Waals surface area contributed by atoms with Crippen molar-refractivity contribution in [3.05, 3.63) is 35.4 Å². The van der Waals surface area contributed by atoms with Crippen molar-refractivity contribution in [1.29, 1.82) is 0 Å². The van der Waals surface area contributed by atoms with Gasteiger partial charge in [0.2, 0.25) is 5.91 Å². The van der Waals surface area contributed by atoms with E-state index in [-0.39, 0.29) is 17.2 Å². The third-order valence-electron chi connectivity index (χ3n) is 4.77. The number of fused-ring (bicyclic) bond motifs is 1. The maximum Gasteiger partial charge on any atom is 0.237 e. The summed E-state index contributed by atoms with van der Waals surface area (Å²) in [4.78, 5) is 12.7. The highest BCUT2D eigenvalue weighted by molar-refractivity contribution is 8.00. The van der Waals surface area contributed by atoms with Crippen LogP contribution in [-0.4, -0.2) is 24.2 Å². The summed E-state index contributed by atoms with van der Waals surface area (Å²) in [7, 11) is 0. The molecule has 2 aliphatic rings. The van der Waals surface area contributed by atoms with Crippen LogP contribution in [0.25, 0.3) is 0 Å². The smallest absolute Gasteiger partial charge is 0.237 e. The Bertz CT molecular complexity index is 505. The van der Waals surface area contributed by atoms with E-state index < -0.39 is 0 Å². The average Bonchev–Trinajstić information content (AvgIpc) is 2.54. The molecule has 3 rings (SSSR count). The molecular formula is C17H24N2OS. The van der Waals surface area contributed by atoms with Crippen LogP contribution >= 0.6 is 11.8 Å². The zero-order valence-electron chi connectivity index (χ0n) is 12.4. The SMILES string of the molecule is NCC1CCCCC1NC(=O)C1SCCc2ccccc21. The first kappa shape index (κ1) is 14.9. The topological polar surface area (TPSA) is 55.1 Å². The van der Waals surface area contributed by atoms with Gasteiger partial charge < -0.3 is 11.1 Å². The Morgan fingerprint density at radius 1 is 1.29 bits per heavy atom. The maximum atomic E-state index is 12.7. The number of benzene rings is 1. The molecule has 114 valence electrons. The number of hydrogen-bond acceptors (Lipinski definition) is 3. The van der Waals surface area contributed by atoms with Crippen molar-refractivity contribution < 1.29 is 4.79 Å². The van der Waals surface area contributed by atoms with Crippen LogP contribution in [-0.2, 0) is 11.2 Å². The highest BCUT2D eigenvalue weighted by atomic mass is 32.2. The van der Waals surface area contributed by atoms with Gasteiger partial charge in [-0.1, -0.05) is 37.1 Å². The molecule has 0 aromatic heterocycles. The Morgan fingerprint density at radius 3 is 2.95 bits per heavy atom. The molecule has 1 fully saturated rings. The normalized spacial score (nSPS) is 28.7. The summed E-state index contributed by atoms with van der Waals surface area (Å²) in [6.07, 6.45) is 5.74. The predicted molar refractivity (Wildman–Crippen MR) is 88.3 cm³/mol. The van der Waals surface area contributed by atoms with Gasteiger partial charge in [0.15, 0.2) is 0 Å². The number of aryl methyl sites for hydroxylation is 1. The lowest BCUT2D eigenvalue weighted by atomic mass is 9.84. The number of carbonyl (C=O) groups is 1. The van der Waals surface area contributed by atoms with Crippen LogP contribution in [0.15, 0.2) is 24.3 Å². The molecule has 21 heavy (non-hydrogen) atoms. The number of amides is 1.